The van der Waals surface area contributed by atoms with E-state index < -0.39 is 17.6 Å². The average molecular weight is 389 g/mol. The van der Waals surface area contributed by atoms with Gasteiger partial charge in [0.2, 0.25) is 0 Å². The maximum atomic E-state index is 12.9. The summed E-state index contributed by atoms with van der Waals surface area (Å²) in [5.41, 5.74) is 2.35. The van der Waals surface area contributed by atoms with Crippen molar-refractivity contribution in [2.24, 2.45) is 0 Å². The van der Waals surface area contributed by atoms with Gasteiger partial charge in [0.15, 0.2) is 0 Å². The van der Waals surface area contributed by atoms with Gasteiger partial charge in [-0.05, 0) is 66.1 Å². The van der Waals surface area contributed by atoms with Crippen LogP contribution in [0.15, 0.2) is 42.5 Å². The molecule has 0 saturated heterocycles. The van der Waals surface area contributed by atoms with Crippen molar-refractivity contribution in [2.45, 2.75) is 64.0 Å². The molecule has 1 saturated carbocycles. The monoisotopic (exact) mass is 389 g/mol. The molecule has 0 radical (unpaired) electrons. The first-order valence-electron chi connectivity index (χ1n) is 9.88. The lowest BCUT2D eigenvalue weighted by Crippen LogP contribution is -2.15. The molecule has 1 amide bonds. The van der Waals surface area contributed by atoms with E-state index in [-0.39, 0.29) is 5.56 Å². The van der Waals surface area contributed by atoms with E-state index in [1.165, 1.54) is 42.5 Å². The molecule has 1 fully saturated rings. The number of amides is 1. The van der Waals surface area contributed by atoms with E-state index in [0.717, 1.165) is 25.0 Å². The van der Waals surface area contributed by atoms with E-state index in [1.807, 2.05) is 18.2 Å². The number of benzene rings is 2. The number of alkyl halides is 3. The zero-order valence-electron chi connectivity index (χ0n) is 16.3. The van der Waals surface area contributed by atoms with Crippen LogP contribution in [-0.4, -0.2) is 5.91 Å². The lowest BCUT2D eigenvalue weighted by atomic mass is 9.80. The molecule has 1 aliphatic rings. The van der Waals surface area contributed by atoms with Gasteiger partial charge in [0, 0.05) is 11.3 Å². The number of rotatable bonds is 4. The second-order valence-electron chi connectivity index (χ2n) is 7.87. The van der Waals surface area contributed by atoms with E-state index in [2.05, 4.69) is 19.2 Å². The summed E-state index contributed by atoms with van der Waals surface area (Å²) in [6.45, 7) is 4.31. The molecule has 0 heterocycles. The number of carbonyl (C=O) groups excluding carboxylic acids is 1. The predicted molar refractivity (Wildman–Crippen MR) is 106 cm³/mol. The molecule has 2 nitrogen and oxygen atoms in total. The highest BCUT2D eigenvalue weighted by Gasteiger charge is 2.31. The molecule has 0 unspecified atom stereocenters. The molecule has 150 valence electrons. The highest BCUT2D eigenvalue weighted by Crippen LogP contribution is 2.38. The number of hydrogen-bond donors (Lipinski definition) is 1. The molecule has 2 aromatic rings. The van der Waals surface area contributed by atoms with Crippen molar-refractivity contribution in [1.29, 1.82) is 0 Å². The number of anilines is 1. The Bertz CT molecular complexity index is 836. The highest BCUT2D eigenvalue weighted by atomic mass is 19.4. The van der Waals surface area contributed by atoms with Gasteiger partial charge >= 0.3 is 6.18 Å². The fraction of sp³-hybridized carbons (Fsp3) is 0.435. The number of nitrogens with one attached hydrogen (secondary N) is 1. The Hall–Kier alpha value is -2.30. The first-order chi connectivity index (χ1) is 13.3. The minimum atomic E-state index is -4.47. The largest absolute Gasteiger partial charge is 0.416 e. The summed E-state index contributed by atoms with van der Waals surface area (Å²) in [5.74, 6) is 0.333. The van der Waals surface area contributed by atoms with Crippen LogP contribution in [0.2, 0.25) is 0 Å². The Morgan fingerprint density at radius 1 is 1.04 bits per heavy atom. The minimum Gasteiger partial charge on any atom is -0.322 e. The Morgan fingerprint density at radius 2 is 1.75 bits per heavy atom. The first-order valence-corrected chi connectivity index (χ1v) is 9.88. The molecule has 1 N–H and O–H groups in total. The fourth-order valence-corrected chi connectivity index (χ4v) is 3.99. The van der Waals surface area contributed by atoms with Gasteiger partial charge in [-0.25, -0.2) is 0 Å². The van der Waals surface area contributed by atoms with Crippen LogP contribution in [0.4, 0.5) is 18.9 Å². The van der Waals surface area contributed by atoms with Crippen LogP contribution >= 0.6 is 0 Å². The number of carbonyl (C=O) groups is 1. The van der Waals surface area contributed by atoms with Gasteiger partial charge in [-0.3, -0.25) is 4.79 Å². The molecule has 3 rings (SSSR count). The number of halogens is 3. The van der Waals surface area contributed by atoms with Crippen molar-refractivity contribution in [2.75, 3.05) is 5.32 Å². The van der Waals surface area contributed by atoms with Crippen molar-refractivity contribution in [3.8, 4) is 0 Å². The van der Waals surface area contributed by atoms with Crippen LogP contribution in [0.1, 0.15) is 84.8 Å². The zero-order chi connectivity index (χ0) is 20.3. The van der Waals surface area contributed by atoms with Crippen LogP contribution in [0.25, 0.3) is 0 Å². The summed E-state index contributed by atoms with van der Waals surface area (Å²) in [5, 5.41) is 2.78. The van der Waals surface area contributed by atoms with Crippen molar-refractivity contribution in [3.63, 3.8) is 0 Å². The fourth-order valence-electron chi connectivity index (χ4n) is 3.99. The quantitative estimate of drug-likeness (QED) is 0.592. The SMILES string of the molecule is CC(C)c1ccc(NC(=O)c2cccc(C(F)(F)F)c2)cc1C1CCCCC1. The summed E-state index contributed by atoms with van der Waals surface area (Å²) < 4.78 is 38.7. The van der Waals surface area contributed by atoms with E-state index in [1.54, 1.807) is 0 Å². The van der Waals surface area contributed by atoms with E-state index >= 15 is 0 Å². The molecular formula is C23H26F3NO. The minimum absolute atomic E-state index is 0.00183. The normalized spacial score (nSPS) is 15.6. The predicted octanol–water partition coefficient (Wildman–Crippen LogP) is 7.13. The molecule has 0 aliphatic heterocycles. The average Bonchev–Trinajstić information content (AvgIpc) is 2.68. The summed E-state index contributed by atoms with van der Waals surface area (Å²) in [6.07, 6.45) is 1.50. The van der Waals surface area contributed by atoms with E-state index in [9.17, 15) is 18.0 Å². The van der Waals surface area contributed by atoms with Crippen molar-refractivity contribution in [3.05, 3.63) is 64.7 Å². The zero-order valence-corrected chi connectivity index (χ0v) is 16.3. The third-order valence-electron chi connectivity index (χ3n) is 5.46. The molecule has 5 heteroatoms. The lowest BCUT2D eigenvalue weighted by molar-refractivity contribution is -0.137. The van der Waals surface area contributed by atoms with Gasteiger partial charge in [0.1, 0.15) is 0 Å². The summed E-state index contributed by atoms with van der Waals surface area (Å²) >= 11 is 0. The van der Waals surface area contributed by atoms with Crippen LogP contribution in [0.3, 0.4) is 0 Å². The Morgan fingerprint density at radius 3 is 2.39 bits per heavy atom. The third-order valence-corrected chi connectivity index (χ3v) is 5.46. The van der Waals surface area contributed by atoms with Gasteiger partial charge in [-0.2, -0.15) is 13.2 Å². The molecule has 0 aromatic heterocycles. The molecule has 0 atom stereocenters. The van der Waals surface area contributed by atoms with Gasteiger partial charge in [-0.1, -0.05) is 45.2 Å². The molecule has 2 aromatic carbocycles. The van der Waals surface area contributed by atoms with Gasteiger partial charge in [0.25, 0.3) is 5.91 Å². The van der Waals surface area contributed by atoms with Gasteiger partial charge < -0.3 is 5.32 Å². The second kappa shape index (κ2) is 8.38. The molecular weight excluding hydrogens is 363 g/mol. The molecule has 0 bridgehead atoms. The van der Waals surface area contributed by atoms with Crippen LogP contribution in [-0.2, 0) is 6.18 Å². The van der Waals surface area contributed by atoms with E-state index in [0.29, 0.717) is 17.5 Å². The van der Waals surface area contributed by atoms with Crippen molar-refractivity contribution in [1.82, 2.24) is 0 Å². The van der Waals surface area contributed by atoms with Crippen molar-refractivity contribution < 1.29 is 18.0 Å². The Balaban J connectivity index is 1.85. The van der Waals surface area contributed by atoms with Gasteiger partial charge in [-0.15, -0.1) is 0 Å². The smallest absolute Gasteiger partial charge is 0.322 e. The summed E-state index contributed by atoms with van der Waals surface area (Å²) in [4.78, 5) is 12.5. The maximum absolute atomic E-state index is 12.9. The summed E-state index contributed by atoms with van der Waals surface area (Å²) in [7, 11) is 0. The Kier molecular flexibility index (Phi) is 6.11. The van der Waals surface area contributed by atoms with Crippen LogP contribution in [0.5, 0.6) is 0 Å². The third kappa shape index (κ3) is 4.75. The lowest BCUT2D eigenvalue weighted by Gasteiger charge is -2.26. The van der Waals surface area contributed by atoms with Crippen LogP contribution < -0.4 is 5.32 Å². The van der Waals surface area contributed by atoms with Crippen molar-refractivity contribution >= 4 is 11.6 Å². The van der Waals surface area contributed by atoms with Gasteiger partial charge in [0.05, 0.1) is 5.56 Å². The summed E-state index contributed by atoms with van der Waals surface area (Å²) in [6, 6.07) is 10.4. The van der Waals surface area contributed by atoms with E-state index in [4.69, 9.17) is 0 Å². The molecule has 28 heavy (non-hydrogen) atoms. The maximum Gasteiger partial charge on any atom is 0.416 e. The first kappa shape index (κ1) is 20.4. The standard InChI is InChI=1S/C23H26F3NO/c1-15(2)20-12-11-19(14-21(20)16-7-4-3-5-8-16)27-22(28)17-9-6-10-18(13-17)23(24,25)26/h6,9-16H,3-5,7-8H2,1-2H3,(H,27,28). The van der Waals surface area contributed by atoms with Crippen LogP contribution in [0, 0.1) is 0 Å². The molecule has 1 aliphatic carbocycles. The highest BCUT2D eigenvalue weighted by molar-refractivity contribution is 6.04. The number of hydrogen-bond acceptors (Lipinski definition) is 1. The molecule has 0 spiro atoms. The Labute approximate surface area is 164 Å². The topological polar surface area (TPSA) is 29.1 Å². The second-order valence-corrected chi connectivity index (χ2v) is 7.87.